The molecule has 0 saturated heterocycles. The van der Waals surface area contributed by atoms with Gasteiger partial charge in [-0.05, 0) is 18.1 Å². The van der Waals surface area contributed by atoms with Gasteiger partial charge in [0.05, 0.1) is 12.7 Å². The summed E-state index contributed by atoms with van der Waals surface area (Å²) in [5.74, 6) is -0.406. The molecular weight excluding hydrogens is 210 g/mol. The van der Waals surface area contributed by atoms with Crippen molar-refractivity contribution in [2.45, 2.75) is 12.8 Å². The Morgan fingerprint density at radius 3 is 2.75 bits per heavy atom. The summed E-state index contributed by atoms with van der Waals surface area (Å²) < 4.78 is 4.63. The van der Waals surface area contributed by atoms with Crippen molar-refractivity contribution in [3.05, 3.63) is 45.5 Å². The predicted molar refractivity (Wildman–Crippen MR) is 58.0 cm³/mol. The Hall–Kier alpha value is -1.91. The van der Waals surface area contributed by atoms with E-state index in [1.807, 2.05) is 0 Å². The van der Waals surface area contributed by atoms with E-state index in [1.165, 1.54) is 7.11 Å². The summed E-state index contributed by atoms with van der Waals surface area (Å²) in [4.78, 5) is 21.2. The minimum Gasteiger partial charge on any atom is -0.465 e. The Kier molecular flexibility index (Phi) is 4.44. The van der Waals surface area contributed by atoms with Gasteiger partial charge in [-0.2, -0.15) is 0 Å². The molecule has 0 aliphatic rings. The van der Waals surface area contributed by atoms with Crippen molar-refractivity contribution in [1.82, 2.24) is 0 Å². The van der Waals surface area contributed by atoms with Crippen LogP contribution in [0.15, 0.2) is 24.3 Å². The molecule has 0 aliphatic heterocycles. The van der Waals surface area contributed by atoms with Gasteiger partial charge >= 0.3 is 5.97 Å². The highest BCUT2D eigenvalue weighted by Gasteiger charge is 2.11. The van der Waals surface area contributed by atoms with Crippen LogP contribution in [0, 0.1) is 10.1 Å². The van der Waals surface area contributed by atoms with Crippen molar-refractivity contribution in [2.75, 3.05) is 13.7 Å². The molecule has 0 aliphatic carbocycles. The van der Waals surface area contributed by atoms with Gasteiger partial charge in [-0.3, -0.25) is 10.1 Å². The van der Waals surface area contributed by atoms with Crippen LogP contribution in [-0.4, -0.2) is 24.5 Å². The van der Waals surface area contributed by atoms with E-state index in [0.29, 0.717) is 18.4 Å². The third-order valence-corrected chi connectivity index (χ3v) is 2.21. The second-order valence-electron chi connectivity index (χ2n) is 3.31. The summed E-state index contributed by atoms with van der Waals surface area (Å²) in [6.45, 7) is -0.0878. The van der Waals surface area contributed by atoms with Gasteiger partial charge in [-0.25, -0.2) is 4.79 Å². The molecule has 5 heteroatoms. The van der Waals surface area contributed by atoms with Crippen molar-refractivity contribution in [3.63, 3.8) is 0 Å². The Bertz CT molecular complexity index is 389. The van der Waals surface area contributed by atoms with Gasteiger partial charge < -0.3 is 4.74 Å². The highest BCUT2D eigenvalue weighted by atomic mass is 16.6. The quantitative estimate of drug-likeness (QED) is 0.432. The molecule has 0 unspecified atom stereocenters. The second kappa shape index (κ2) is 5.85. The molecule has 1 aromatic rings. The molecule has 16 heavy (non-hydrogen) atoms. The van der Waals surface area contributed by atoms with E-state index in [-0.39, 0.29) is 11.5 Å². The monoisotopic (exact) mass is 223 g/mol. The number of methoxy groups -OCH3 is 1. The number of ether oxygens (including phenoxy) is 1. The first-order valence-corrected chi connectivity index (χ1v) is 4.93. The number of esters is 1. The van der Waals surface area contributed by atoms with E-state index in [2.05, 4.69) is 4.74 Å². The SMILES string of the molecule is COC(=O)c1ccccc1CCC[N+](=O)[O-]. The van der Waals surface area contributed by atoms with Crippen LogP contribution in [0.25, 0.3) is 0 Å². The number of benzene rings is 1. The molecule has 0 radical (unpaired) electrons. The number of hydrogen-bond donors (Lipinski definition) is 0. The van der Waals surface area contributed by atoms with Gasteiger partial charge in [0.25, 0.3) is 0 Å². The minimum atomic E-state index is -0.406. The summed E-state index contributed by atoms with van der Waals surface area (Å²) in [5, 5.41) is 10.2. The Morgan fingerprint density at radius 1 is 1.44 bits per heavy atom. The molecule has 0 aromatic heterocycles. The molecule has 0 bridgehead atoms. The van der Waals surface area contributed by atoms with Crippen LogP contribution in [0.2, 0.25) is 0 Å². The van der Waals surface area contributed by atoms with Crippen LogP contribution in [0.5, 0.6) is 0 Å². The lowest BCUT2D eigenvalue weighted by Gasteiger charge is -2.05. The van der Waals surface area contributed by atoms with Crippen LogP contribution in [0.1, 0.15) is 22.3 Å². The number of aryl methyl sites for hydroxylation is 1. The van der Waals surface area contributed by atoms with Gasteiger partial charge in [-0.15, -0.1) is 0 Å². The normalized spacial score (nSPS) is 9.81. The number of rotatable bonds is 5. The summed E-state index contributed by atoms with van der Waals surface area (Å²) in [7, 11) is 1.32. The Balaban J connectivity index is 2.71. The molecule has 1 rings (SSSR count). The van der Waals surface area contributed by atoms with Crippen molar-refractivity contribution in [3.8, 4) is 0 Å². The highest BCUT2D eigenvalue weighted by Crippen LogP contribution is 2.12. The van der Waals surface area contributed by atoms with Gasteiger partial charge in [0.1, 0.15) is 0 Å². The molecule has 0 atom stereocenters. The second-order valence-corrected chi connectivity index (χ2v) is 3.31. The summed E-state index contributed by atoms with van der Waals surface area (Å²) >= 11 is 0. The fraction of sp³-hybridized carbons (Fsp3) is 0.364. The molecular formula is C11H13NO4. The summed E-state index contributed by atoms with van der Waals surface area (Å²) in [6.07, 6.45) is 0.924. The topological polar surface area (TPSA) is 69.4 Å². The molecule has 0 spiro atoms. The lowest BCUT2D eigenvalue weighted by molar-refractivity contribution is -0.480. The largest absolute Gasteiger partial charge is 0.465 e. The third-order valence-electron chi connectivity index (χ3n) is 2.21. The van der Waals surface area contributed by atoms with Gasteiger partial charge in [0.15, 0.2) is 0 Å². The molecule has 0 fully saturated rings. The number of carbonyl (C=O) groups is 1. The third kappa shape index (κ3) is 3.34. The fourth-order valence-corrected chi connectivity index (χ4v) is 1.45. The smallest absolute Gasteiger partial charge is 0.338 e. The summed E-state index contributed by atoms with van der Waals surface area (Å²) in [5.41, 5.74) is 1.27. The van der Waals surface area contributed by atoms with Gasteiger partial charge in [0.2, 0.25) is 6.54 Å². The van der Waals surface area contributed by atoms with Crippen LogP contribution < -0.4 is 0 Å². The van der Waals surface area contributed by atoms with E-state index in [9.17, 15) is 14.9 Å². The maximum atomic E-state index is 11.4. The molecule has 0 amide bonds. The average Bonchev–Trinajstić information content (AvgIpc) is 2.28. The number of hydrogen-bond acceptors (Lipinski definition) is 4. The van der Waals surface area contributed by atoms with Crippen LogP contribution >= 0.6 is 0 Å². The summed E-state index contributed by atoms with van der Waals surface area (Å²) in [6, 6.07) is 6.98. The Labute approximate surface area is 93.2 Å². The van der Waals surface area contributed by atoms with Crippen molar-refractivity contribution < 1.29 is 14.5 Å². The number of nitro groups is 1. The first kappa shape index (κ1) is 12.2. The standard InChI is InChI=1S/C11H13NO4/c1-16-11(13)10-7-3-2-5-9(10)6-4-8-12(14)15/h2-3,5,7H,4,6,8H2,1H3. The molecule has 0 saturated carbocycles. The lowest BCUT2D eigenvalue weighted by Crippen LogP contribution is -2.07. The van der Waals surface area contributed by atoms with E-state index in [4.69, 9.17) is 0 Å². The first-order valence-electron chi connectivity index (χ1n) is 4.93. The molecule has 1 aromatic carbocycles. The van der Waals surface area contributed by atoms with Crippen LogP contribution in [0.3, 0.4) is 0 Å². The number of nitrogens with zero attached hydrogens (tertiary/aromatic N) is 1. The Morgan fingerprint density at radius 2 is 2.12 bits per heavy atom. The zero-order valence-electron chi connectivity index (χ0n) is 9.01. The average molecular weight is 223 g/mol. The van der Waals surface area contributed by atoms with Crippen LogP contribution in [0.4, 0.5) is 0 Å². The molecule has 0 N–H and O–H groups in total. The zero-order valence-corrected chi connectivity index (χ0v) is 9.01. The zero-order chi connectivity index (χ0) is 12.0. The van der Waals surface area contributed by atoms with Crippen LogP contribution in [-0.2, 0) is 11.2 Å². The minimum absolute atomic E-state index is 0.0878. The van der Waals surface area contributed by atoms with Crippen molar-refractivity contribution in [1.29, 1.82) is 0 Å². The van der Waals surface area contributed by atoms with E-state index < -0.39 is 5.97 Å². The number of carbonyl (C=O) groups excluding carboxylic acids is 1. The molecule has 5 nitrogen and oxygen atoms in total. The maximum absolute atomic E-state index is 11.4. The van der Waals surface area contributed by atoms with Crippen molar-refractivity contribution in [2.24, 2.45) is 0 Å². The maximum Gasteiger partial charge on any atom is 0.338 e. The lowest BCUT2D eigenvalue weighted by atomic mass is 10.0. The molecule has 86 valence electrons. The first-order chi connectivity index (χ1) is 7.65. The van der Waals surface area contributed by atoms with Gasteiger partial charge in [0, 0.05) is 11.3 Å². The van der Waals surface area contributed by atoms with E-state index >= 15 is 0 Å². The van der Waals surface area contributed by atoms with Gasteiger partial charge in [-0.1, -0.05) is 18.2 Å². The molecule has 0 heterocycles. The highest BCUT2D eigenvalue weighted by molar-refractivity contribution is 5.90. The van der Waals surface area contributed by atoms with E-state index in [1.54, 1.807) is 24.3 Å². The van der Waals surface area contributed by atoms with Crippen molar-refractivity contribution >= 4 is 5.97 Å². The fourth-order valence-electron chi connectivity index (χ4n) is 1.45. The van der Waals surface area contributed by atoms with E-state index in [0.717, 1.165) is 5.56 Å². The predicted octanol–water partition coefficient (Wildman–Crippen LogP) is 1.68.